The van der Waals surface area contributed by atoms with Crippen molar-refractivity contribution in [2.24, 2.45) is 0 Å². The Morgan fingerprint density at radius 1 is 1.05 bits per heavy atom. The SMILES string of the molecule is CC(=O)Nc1ccc(C(=O)C(C)Sc2ccc(Br)cc2)cc1. The van der Waals surface area contributed by atoms with Crippen LogP contribution >= 0.6 is 27.7 Å². The molecule has 0 aliphatic rings. The molecule has 1 atom stereocenters. The van der Waals surface area contributed by atoms with Gasteiger partial charge in [-0.25, -0.2) is 0 Å². The second-order valence-corrected chi connectivity index (χ2v) is 7.17. The zero-order valence-corrected chi connectivity index (χ0v) is 14.7. The monoisotopic (exact) mass is 377 g/mol. The molecule has 1 N–H and O–H groups in total. The summed E-state index contributed by atoms with van der Waals surface area (Å²) in [7, 11) is 0. The van der Waals surface area contributed by atoms with Gasteiger partial charge in [-0.15, -0.1) is 11.8 Å². The van der Waals surface area contributed by atoms with Crippen molar-refractivity contribution < 1.29 is 9.59 Å². The largest absolute Gasteiger partial charge is 0.326 e. The summed E-state index contributed by atoms with van der Waals surface area (Å²) in [5.41, 5.74) is 1.34. The highest BCUT2D eigenvalue weighted by molar-refractivity contribution is 9.10. The van der Waals surface area contributed by atoms with E-state index in [1.165, 1.54) is 18.7 Å². The fourth-order valence-corrected chi connectivity index (χ4v) is 3.14. The molecule has 2 aromatic carbocycles. The lowest BCUT2D eigenvalue weighted by atomic mass is 10.1. The quantitative estimate of drug-likeness (QED) is 0.602. The van der Waals surface area contributed by atoms with Gasteiger partial charge in [0.15, 0.2) is 5.78 Å². The summed E-state index contributed by atoms with van der Waals surface area (Å²) in [6.45, 7) is 3.35. The molecule has 1 unspecified atom stereocenters. The molecule has 0 aromatic heterocycles. The molecule has 0 aliphatic carbocycles. The minimum absolute atomic E-state index is 0.0716. The average molecular weight is 378 g/mol. The first-order chi connectivity index (χ1) is 10.5. The maximum atomic E-state index is 12.4. The zero-order valence-electron chi connectivity index (χ0n) is 12.3. The normalized spacial score (nSPS) is 11.8. The summed E-state index contributed by atoms with van der Waals surface area (Å²) in [4.78, 5) is 24.5. The van der Waals surface area contributed by atoms with E-state index >= 15 is 0 Å². The summed E-state index contributed by atoms with van der Waals surface area (Å²) >= 11 is 4.92. The molecule has 0 heterocycles. The molecule has 2 rings (SSSR count). The van der Waals surface area contributed by atoms with Crippen molar-refractivity contribution in [1.29, 1.82) is 0 Å². The molecular weight excluding hydrogens is 362 g/mol. The van der Waals surface area contributed by atoms with Crippen LogP contribution < -0.4 is 5.32 Å². The third-order valence-corrected chi connectivity index (χ3v) is 4.63. The van der Waals surface area contributed by atoms with Crippen LogP contribution in [0, 0.1) is 0 Å². The number of benzene rings is 2. The molecule has 1 amide bonds. The third-order valence-electron chi connectivity index (χ3n) is 2.99. The fraction of sp³-hybridized carbons (Fsp3) is 0.176. The fourth-order valence-electron chi connectivity index (χ4n) is 1.93. The molecule has 114 valence electrons. The lowest BCUT2D eigenvalue weighted by Gasteiger charge is -2.11. The highest BCUT2D eigenvalue weighted by Crippen LogP contribution is 2.27. The summed E-state index contributed by atoms with van der Waals surface area (Å²) in [6, 6.07) is 14.9. The summed E-state index contributed by atoms with van der Waals surface area (Å²) in [5, 5.41) is 2.51. The van der Waals surface area contributed by atoms with Gasteiger partial charge in [-0.2, -0.15) is 0 Å². The van der Waals surface area contributed by atoms with E-state index in [0.717, 1.165) is 9.37 Å². The molecule has 0 aliphatic heterocycles. The number of hydrogen-bond donors (Lipinski definition) is 1. The molecule has 0 saturated heterocycles. The van der Waals surface area contributed by atoms with Gasteiger partial charge in [-0.05, 0) is 55.5 Å². The van der Waals surface area contributed by atoms with Crippen LogP contribution in [0.2, 0.25) is 0 Å². The second kappa shape index (κ2) is 7.61. The number of ketones is 1. The third kappa shape index (κ3) is 4.71. The molecule has 2 aromatic rings. The summed E-state index contributed by atoms with van der Waals surface area (Å²) < 4.78 is 1.02. The maximum Gasteiger partial charge on any atom is 0.221 e. The van der Waals surface area contributed by atoms with Gasteiger partial charge in [-0.3, -0.25) is 9.59 Å². The molecule has 0 saturated carbocycles. The van der Waals surface area contributed by atoms with E-state index in [-0.39, 0.29) is 16.9 Å². The molecule has 0 spiro atoms. The first-order valence-corrected chi connectivity index (χ1v) is 8.47. The Labute approximate surface area is 142 Å². The Hall–Kier alpha value is -1.59. The maximum absolute atomic E-state index is 12.4. The van der Waals surface area contributed by atoms with Gasteiger partial charge in [0, 0.05) is 27.5 Å². The number of halogens is 1. The lowest BCUT2D eigenvalue weighted by Crippen LogP contribution is -2.13. The van der Waals surface area contributed by atoms with Gasteiger partial charge < -0.3 is 5.32 Å². The second-order valence-electron chi connectivity index (χ2n) is 4.84. The van der Waals surface area contributed by atoms with Crippen molar-refractivity contribution >= 4 is 45.1 Å². The van der Waals surface area contributed by atoms with Gasteiger partial charge in [0.25, 0.3) is 0 Å². The first-order valence-electron chi connectivity index (χ1n) is 6.80. The van der Waals surface area contributed by atoms with Gasteiger partial charge >= 0.3 is 0 Å². The minimum Gasteiger partial charge on any atom is -0.326 e. The minimum atomic E-state index is -0.173. The predicted octanol–water partition coefficient (Wildman–Crippen LogP) is 4.77. The number of anilines is 1. The van der Waals surface area contributed by atoms with Crippen LogP contribution in [0.25, 0.3) is 0 Å². The molecule has 3 nitrogen and oxygen atoms in total. The van der Waals surface area contributed by atoms with Crippen LogP contribution in [-0.2, 0) is 4.79 Å². The molecular formula is C17H16BrNO2S. The number of amides is 1. The Bertz CT molecular complexity index is 668. The number of rotatable bonds is 5. The van der Waals surface area contributed by atoms with Crippen molar-refractivity contribution in [3.63, 3.8) is 0 Å². The number of nitrogens with one attached hydrogen (secondary N) is 1. The van der Waals surface area contributed by atoms with Crippen LogP contribution in [0.15, 0.2) is 57.9 Å². The molecule has 0 fully saturated rings. The highest BCUT2D eigenvalue weighted by Gasteiger charge is 2.16. The summed E-state index contributed by atoms with van der Waals surface area (Å²) in [6.07, 6.45) is 0. The van der Waals surface area contributed by atoms with Crippen LogP contribution in [0.1, 0.15) is 24.2 Å². The number of hydrogen-bond acceptors (Lipinski definition) is 3. The lowest BCUT2D eigenvalue weighted by molar-refractivity contribution is -0.114. The van der Waals surface area contributed by atoms with E-state index in [1.807, 2.05) is 31.2 Å². The Balaban J connectivity index is 2.03. The van der Waals surface area contributed by atoms with E-state index in [0.29, 0.717) is 11.3 Å². The Morgan fingerprint density at radius 3 is 2.18 bits per heavy atom. The van der Waals surface area contributed by atoms with E-state index in [9.17, 15) is 9.59 Å². The van der Waals surface area contributed by atoms with Crippen molar-refractivity contribution in [2.75, 3.05) is 5.32 Å². The van der Waals surface area contributed by atoms with Gasteiger partial charge in [0.1, 0.15) is 0 Å². The number of carbonyl (C=O) groups is 2. The van der Waals surface area contributed by atoms with E-state index < -0.39 is 0 Å². The first kappa shape index (κ1) is 16.8. The number of carbonyl (C=O) groups excluding carboxylic acids is 2. The topological polar surface area (TPSA) is 46.2 Å². The highest BCUT2D eigenvalue weighted by atomic mass is 79.9. The molecule has 22 heavy (non-hydrogen) atoms. The predicted molar refractivity (Wildman–Crippen MR) is 94.5 cm³/mol. The summed E-state index contributed by atoms with van der Waals surface area (Å²) in [5.74, 6) is -0.0551. The van der Waals surface area contributed by atoms with E-state index in [2.05, 4.69) is 21.2 Å². The molecule has 0 bridgehead atoms. The number of Topliss-reactive ketones (excluding diaryl/α,β-unsaturated/α-hetero) is 1. The zero-order chi connectivity index (χ0) is 16.1. The number of thioether (sulfide) groups is 1. The van der Waals surface area contributed by atoms with E-state index in [4.69, 9.17) is 0 Å². The molecule has 5 heteroatoms. The standard InChI is InChI=1S/C17H16BrNO2S/c1-11(22-16-9-5-14(18)6-10-16)17(21)13-3-7-15(8-4-13)19-12(2)20/h3-11H,1-2H3,(H,19,20). The van der Waals surface area contributed by atoms with Crippen molar-refractivity contribution in [3.05, 3.63) is 58.6 Å². The van der Waals surface area contributed by atoms with Crippen molar-refractivity contribution in [3.8, 4) is 0 Å². The van der Waals surface area contributed by atoms with Crippen molar-refractivity contribution in [1.82, 2.24) is 0 Å². The van der Waals surface area contributed by atoms with Crippen LogP contribution in [0.5, 0.6) is 0 Å². The Morgan fingerprint density at radius 2 is 1.64 bits per heavy atom. The average Bonchev–Trinajstić information content (AvgIpc) is 2.49. The smallest absolute Gasteiger partial charge is 0.221 e. The Kier molecular flexibility index (Phi) is 5.80. The van der Waals surface area contributed by atoms with Gasteiger partial charge in [0.05, 0.1) is 5.25 Å². The van der Waals surface area contributed by atoms with Gasteiger partial charge in [-0.1, -0.05) is 15.9 Å². The van der Waals surface area contributed by atoms with Gasteiger partial charge in [0.2, 0.25) is 5.91 Å². The van der Waals surface area contributed by atoms with Crippen LogP contribution in [0.4, 0.5) is 5.69 Å². The van der Waals surface area contributed by atoms with Crippen LogP contribution in [-0.4, -0.2) is 16.9 Å². The molecule has 0 radical (unpaired) electrons. The van der Waals surface area contributed by atoms with Crippen molar-refractivity contribution in [2.45, 2.75) is 24.0 Å². The van der Waals surface area contributed by atoms with E-state index in [1.54, 1.807) is 24.3 Å². The van der Waals surface area contributed by atoms with Crippen LogP contribution in [0.3, 0.4) is 0 Å².